The fourth-order valence-corrected chi connectivity index (χ4v) is 9.17. The fraction of sp³-hybridized carbons (Fsp3) is 0.0566. The molecule has 0 N–H and O–H groups in total. The number of hydrogen-bond donors (Lipinski definition) is 0. The second kappa shape index (κ2) is 12.1. The lowest BCUT2D eigenvalue weighted by atomic mass is 9.81. The Morgan fingerprint density at radius 3 is 1.75 bits per heavy atom. The molecule has 1 aliphatic carbocycles. The molecule has 1 aromatic heterocycles. The van der Waals surface area contributed by atoms with Gasteiger partial charge in [0.05, 0.1) is 11.4 Å². The lowest BCUT2D eigenvalue weighted by Gasteiger charge is -2.22. The minimum absolute atomic E-state index is 0.151. The maximum Gasteiger partial charge on any atom is 0.160 e. The molecule has 0 saturated carbocycles. The summed E-state index contributed by atoms with van der Waals surface area (Å²) in [7, 11) is 0. The van der Waals surface area contributed by atoms with Crippen LogP contribution >= 0.6 is 0 Å². The quantitative estimate of drug-likeness (QED) is 0.171. The smallest absolute Gasteiger partial charge is 0.160 e. The molecule has 2 heteroatoms. The summed E-state index contributed by atoms with van der Waals surface area (Å²) in [6, 6.07) is 66.0. The number of fused-ring (bicyclic) bond motifs is 8. The molecule has 9 aromatic carbocycles. The van der Waals surface area contributed by atoms with E-state index in [1.54, 1.807) is 0 Å². The van der Waals surface area contributed by atoms with Gasteiger partial charge in [0, 0.05) is 22.1 Å². The van der Waals surface area contributed by atoms with Crippen molar-refractivity contribution in [1.82, 2.24) is 9.97 Å². The first-order valence-corrected chi connectivity index (χ1v) is 19.1. The Labute approximate surface area is 320 Å². The van der Waals surface area contributed by atoms with Crippen molar-refractivity contribution >= 4 is 43.1 Å². The van der Waals surface area contributed by atoms with Crippen LogP contribution in [0.1, 0.15) is 25.0 Å². The minimum atomic E-state index is -0.151. The number of rotatable bonds is 4. The van der Waals surface area contributed by atoms with Gasteiger partial charge in [-0.05, 0) is 94.7 Å². The third kappa shape index (κ3) is 4.88. The molecular formula is C53H36N2. The molecule has 1 heterocycles. The summed E-state index contributed by atoms with van der Waals surface area (Å²) in [6.45, 7) is 4.70. The Bertz CT molecular complexity index is 3170. The molecule has 0 bridgehead atoms. The number of hydrogen-bond acceptors (Lipinski definition) is 2. The van der Waals surface area contributed by atoms with E-state index in [9.17, 15) is 0 Å². The van der Waals surface area contributed by atoms with E-state index < -0.39 is 0 Å². The van der Waals surface area contributed by atoms with Crippen molar-refractivity contribution in [3.63, 3.8) is 0 Å². The van der Waals surface area contributed by atoms with Crippen LogP contribution in [0.25, 0.3) is 99.2 Å². The molecule has 55 heavy (non-hydrogen) atoms. The topological polar surface area (TPSA) is 25.8 Å². The number of aromatic nitrogens is 2. The Kier molecular flexibility index (Phi) is 6.93. The second-order valence-electron chi connectivity index (χ2n) is 15.3. The van der Waals surface area contributed by atoms with Crippen LogP contribution in [0.2, 0.25) is 0 Å². The van der Waals surface area contributed by atoms with E-state index in [1.807, 2.05) is 6.07 Å². The van der Waals surface area contributed by atoms with Gasteiger partial charge >= 0.3 is 0 Å². The van der Waals surface area contributed by atoms with Gasteiger partial charge in [-0.1, -0.05) is 178 Å². The van der Waals surface area contributed by atoms with E-state index in [2.05, 4.69) is 190 Å². The van der Waals surface area contributed by atoms with Gasteiger partial charge in [0.15, 0.2) is 5.82 Å². The molecular weight excluding hydrogens is 665 g/mol. The van der Waals surface area contributed by atoms with Crippen LogP contribution in [-0.4, -0.2) is 9.97 Å². The SMILES string of the molecule is CC1(C)c2cc3ccccc3cc2-c2c(-c3cc(-c4ccc(-c5cccc6ccc7ccccc7c56)c5ccccc45)nc(-c4ccccc4)n3)cccc21. The summed E-state index contributed by atoms with van der Waals surface area (Å²) in [5.74, 6) is 0.718. The third-order valence-electron chi connectivity index (χ3n) is 11.9. The molecule has 2 nitrogen and oxygen atoms in total. The van der Waals surface area contributed by atoms with E-state index in [1.165, 1.54) is 71.1 Å². The predicted octanol–water partition coefficient (Wildman–Crippen LogP) is 14.1. The van der Waals surface area contributed by atoms with Crippen molar-refractivity contribution in [3.05, 3.63) is 193 Å². The van der Waals surface area contributed by atoms with E-state index in [0.29, 0.717) is 0 Å². The Hall–Kier alpha value is -6.90. The van der Waals surface area contributed by atoms with Gasteiger partial charge in [0.2, 0.25) is 0 Å². The van der Waals surface area contributed by atoms with Gasteiger partial charge in [-0.3, -0.25) is 0 Å². The molecule has 11 rings (SSSR count). The normalized spacial score (nSPS) is 13.1. The van der Waals surface area contributed by atoms with Crippen molar-refractivity contribution < 1.29 is 0 Å². The molecule has 1 aliphatic rings. The van der Waals surface area contributed by atoms with Crippen LogP contribution in [-0.2, 0) is 5.41 Å². The molecule has 0 unspecified atom stereocenters. The molecule has 0 spiro atoms. The van der Waals surface area contributed by atoms with E-state index >= 15 is 0 Å². The summed E-state index contributed by atoms with van der Waals surface area (Å²) < 4.78 is 0. The van der Waals surface area contributed by atoms with Crippen LogP contribution in [0.3, 0.4) is 0 Å². The van der Waals surface area contributed by atoms with Crippen LogP contribution in [0.15, 0.2) is 182 Å². The van der Waals surface area contributed by atoms with Gasteiger partial charge in [-0.15, -0.1) is 0 Å². The standard InChI is InChI=1S/C53H36N2/c1-53(2)46-25-13-24-44(51(46)45-30-36-17-6-7-18-37(36)31-47(45)53)49-32-48(54-52(55-49)35-15-4-3-5-16-35)42-29-28-41(39-21-10-11-22-40(39)42)43-23-12-19-34-27-26-33-14-8-9-20-38(33)50(34)43/h3-32H,1-2H3. The minimum Gasteiger partial charge on any atom is -0.228 e. The number of benzene rings is 9. The molecule has 0 fully saturated rings. The van der Waals surface area contributed by atoms with E-state index in [-0.39, 0.29) is 5.41 Å². The first-order valence-electron chi connectivity index (χ1n) is 19.1. The molecule has 0 saturated heterocycles. The third-order valence-corrected chi connectivity index (χ3v) is 11.9. The molecule has 258 valence electrons. The molecule has 0 atom stereocenters. The number of nitrogens with zero attached hydrogens (tertiary/aromatic N) is 2. The monoisotopic (exact) mass is 700 g/mol. The lowest BCUT2D eigenvalue weighted by molar-refractivity contribution is 0.661. The first kappa shape index (κ1) is 31.6. The lowest BCUT2D eigenvalue weighted by Crippen LogP contribution is -2.14. The summed E-state index contributed by atoms with van der Waals surface area (Å²) in [6.07, 6.45) is 0. The maximum atomic E-state index is 5.36. The van der Waals surface area contributed by atoms with Crippen LogP contribution in [0, 0.1) is 0 Å². The van der Waals surface area contributed by atoms with Crippen LogP contribution in [0.4, 0.5) is 0 Å². The summed E-state index contributed by atoms with van der Waals surface area (Å²) >= 11 is 0. The molecule has 10 aromatic rings. The van der Waals surface area contributed by atoms with Crippen molar-refractivity contribution in [2.24, 2.45) is 0 Å². The Morgan fingerprint density at radius 1 is 0.364 bits per heavy atom. The van der Waals surface area contributed by atoms with Crippen LogP contribution in [0.5, 0.6) is 0 Å². The largest absolute Gasteiger partial charge is 0.228 e. The van der Waals surface area contributed by atoms with E-state index in [0.717, 1.165) is 39.3 Å². The maximum absolute atomic E-state index is 5.36. The van der Waals surface area contributed by atoms with Crippen LogP contribution < -0.4 is 0 Å². The highest BCUT2D eigenvalue weighted by Crippen LogP contribution is 2.53. The Morgan fingerprint density at radius 2 is 0.945 bits per heavy atom. The van der Waals surface area contributed by atoms with Crippen molar-refractivity contribution in [3.8, 4) is 56.2 Å². The van der Waals surface area contributed by atoms with Gasteiger partial charge in [-0.25, -0.2) is 9.97 Å². The summed E-state index contributed by atoms with van der Waals surface area (Å²) in [5, 5.41) is 9.92. The van der Waals surface area contributed by atoms with Crippen molar-refractivity contribution in [1.29, 1.82) is 0 Å². The predicted molar refractivity (Wildman–Crippen MR) is 231 cm³/mol. The second-order valence-corrected chi connectivity index (χ2v) is 15.3. The molecule has 0 radical (unpaired) electrons. The highest BCUT2D eigenvalue weighted by atomic mass is 14.9. The molecule has 0 aliphatic heterocycles. The highest BCUT2D eigenvalue weighted by molar-refractivity contribution is 6.17. The summed E-state index contributed by atoms with van der Waals surface area (Å²) in [5.41, 5.74) is 12.6. The fourth-order valence-electron chi connectivity index (χ4n) is 9.17. The first-order chi connectivity index (χ1) is 27.0. The average Bonchev–Trinajstić information content (AvgIpc) is 3.47. The zero-order valence-corrected chi connectivity index (χ0v) is 30.7. The zero-order valence-electron chi connectivity index (χ0n) is 30.7. The zero-order chi connectivity index (χ0) is 36.7. The van der Waals surface area contributed by atoms with Gasteiger partial charge in [0.1, 0.15) is 0 Å². The van der Waals surface area contributed by atoms with E-state index in [4.69, 9.17) is 9.97 Å². The van der Waals surface area contributed by atoms with Crippen molar-refractivity contribution in [2.75, 3.05) is 0 Å². The van der Waals surface area contributed by atoms with Crippen molar-refractivity contribution in [2.45, 2.75) is 19.3 Å². The van der Waals surface area contributed by atoms with Gasteiger partial charge in [0.25, 0.3) is 0 Å². The summed E-state index contributed by atoms with van der Waals surface area (Å²) in [4.78, 5) is 10.7. The molecule has 0 amide bonds. The Balaban J connectivity index is 1.15. The average molecular weight is 701 g/mol. The van der Waals surface area contributed by atoms with Gasteiger partial charge < -0.3 is 0 Å². The van der Waals surface area contributed by atoms with Gasteiger partial charge in [-0.2, -0.15) is 0 Å². The highest BCUT2D eigenvalue weighted by Gasteiger charge is 2.37.